The van der Waals surface area contributed by atoms with E-state index in [0.29, 0.717) is 5.92 Å². The first kappa shape index (κ1) is 18.5. The van der Waals surface area contributed by atoms with E-state index >= 15 is 0 Å². The van der Waals surface area contributed by atoms with Crippen LogP contribution in [0, 0.1) is 29.4 Å². The number of anilines is 1. The molecule has 1 aromatic carbocycles. The molecule has 0 spiro atoms. The van der Waals surface area contributed by atoms with E-state index in [9.17, 15) is 8.78 Å². The van der Waals surface area contributed by atoms with Crippen molar-refractivity contribution in [1.82, 2.24) is 10.2 Å². The SMILES string of the molecule is CN=C(NCC1CCN(c2ccc(F)c(F)c2)C1)N1CC2CCCCC2C1. The van der Waals surface area contributed by atoms with Gasteiger partial charge in [-0.3, -0.25) is 4.99 Å². The molecular weight excluding hydrogens is 346 g/mol. The highest BCUT2D eigenvalue weighted by Gasteiger charge is 2.35. The largest absolute Gasteiger partial charge is 0.371 e. The van der Waals surface area contributed by atoms with Gasteiger partial charge in [-0.1, -0.05) is 12.8 Å². The molecule has 0 radical (unpaired) electrons. The van der Waals surface area contributed by atoms with Gasteiger partial charge in [0.15, 0.2) is 17.6 Å². The fourth-order valence-corrected chi connectivity index (χ4v) is 5.06. The third kappa shape index (κ3) is 4.04. The number of rotatable bonds is 3. The Balaban J connectivity index is 1.29. The van der Waals surface area contributed by atoms with Crippen LogP contribution in [0.25, 0.3) is 0 Å². The number of hydrogen-bond donors (Lipinski definition) is 1. The Hall–Kier alpha value is -1.85. The van der Waals surface area contributed by atoms with Gasteiger partial charge in [-0.25, -0.2) is 8.78 Å². The van der Waals surface area contributed by atoms with E-state index < -0.39 is 11.6 Å². The summed E-state index contributed by atoms with van der Waals surface area (Å²) in [7, 11) is 1.87. The predicted octanol–water partition coefficient (Wildman–Crippen LogP) is 3.49. The van der Waals surface area contributed by atoms with Gasteiger partial charge in [-0.05, 0) is 49.1 Å². The lowest BCUT2D eigenvalue weighted by Gasteiger charge is -2.23. The molecule has 0 aromatic heterocycles. The molecule has 27 heavy (non-hydrogen) atoms. The Morgan fingerprint density at radius 2 is 1.81 bits per heavy atom. The number of nitrogens with zero attached hydrogens (tertiary/aromatic N) is 3. The Labute approximate surface area is 160 Å². The van der Waals surface area contributed by atoms with E-state index in [4.69, 9.17) is 0 Å². The summed E-state index contributed by atoms with van der Waals surface area (Å²) in [5, 5.41) is 3.57. The van der Waals surface area contributed by atoms with Crippen molar-refractivity contribution in [3.8, 4) is 0 Å². The zero-order chi connectivity index (χ0) is 18.8. The number of benzene rings is 1. The van der Waals surface area contributed by atoms with Crippen LogP contribution < -0.4 is 10.2 Å². The average Bonchev–Trinajstić information content (AvgIpc) is 3.31. The van der Waals surface area contributed by atoms with Crippen molar-refractivity contribution in [3.05, 3.63) is 29.8 Å². The monoisotopic (exact) mass is 376 g/mol. The fourth-order valence-electron chi connectivity index (χ4n) is 5.06. The third-order valence-electron chi connectivity index (χ3n) is 6.59. The lowest BCUT2D eigenvalue weighted by molar-refractivity contribution is 0.299. The molecule has 1 N–H and O–H groups in total. The van der Waals surface area contributed by atoms with E-state index in [0.717, 1.165) is 62.6 Å². The smallest absolute Gasteiger partial charge is 0.193 e. The van der Waals surface area contributed by atoms with Crippen LogP contribution in [-0.4, -0.2) is 50.6 Å². The molecule has 2 saturated heterocycles. The van der Waals surface area contributed by atoms with Gasteiger partial charge in [-0.15, -0.1) is 0 Å². The average molecular weight is 376 g/mol. The molecule has 2 aliphatic heterocycles. The first-order valence-electron chi connectivity index (χ1n) is 10.3. The van der Waals surface area contributed by atoms with Crippen LogP contribution in [0.2, 0.25) is 0 Å². The van der Waals surface area contributed by atoms with Crippen molar-refractivity contribution in [2.24, 2.45) is 22.7 Å². The van der Waals surface area contributed by atoms with Crippen LogP contribution >= 0.6 is 0 Å². The van der Waals surface area contributed by atoms with Crippen molar-refractivity contribution in [3.63, 3.8) is 0 Å². The number of likely N-dealkylation sites (tertiary alicyclic amines) is 1. The number of fused-ring (bicyclic) bond motifs is 1. The number of aliphatic imine (C=N–C) groups is 1. The summed E-state index contributed by atoms with van der Waals surface area (Å²) < 4.78 is 26.6. The number of hydrogen-bond acceptors (Lipinski definition) is 2. The standard InChI is InChI=1S/C21H30F2N4/c1-24-21(27-13-16-4-2-3-5-17(16)14-27)25-11-15-8-9-26(12-15)18-6-7-19(22)20(23)10-18/h6-7,10,15-17H,2-5,8-9,11-14H2,1H3,(H,24,25). The molecule has 2 heterocycles. The minimum absolute atomic E-state index is 0.486. The summed E-state index contributed by atoms with van der Waals surface area (Å²) in [5.41, 5.74) is 0.768. The summed E-state index contributed by atoms with van der Waals surface area (Å²) in [5.74, 6) is 1.63. The number of guanidine groups is 1. The summed E-state index contributed by atoms with van der Waals surface area (Å²) in [4.78, 5) is 9.09. The van der Waals surface area contributed by atoms with Crippen LogP contribution in [0.15, 0.2) is 23.2 Å². The van der Waals surface area contributed by atoms with Crippen molar-refractivity contribution < 1.29 is 8.78 Å². The third-order valence-corrected chi connectivity index (χ3v) is 6.59. The molecule has 148 valence electrons. The molecule has 4 rings (SSSR count). The zero-order valence-corrected chi connectivity index (χ0v) is 16.1. The van der Waals surface area contributed by atoms with Crippen molar-refractivity contribution in [2.75, 3.05) is 44.7 Å². The second kappa shape index (κ2) is 8.03. The summed E-state index contributed by atoms with van der Waals surface area (Å²) in [6.45, 7) is 4.88. The molecule has 0 bridgehead atoms. The van der Waals surface area contributed by atoms with Gasteiger partial charge in [0.2, 0.25) is 0 Å². The van der Waals surface area contributed by atoms with Crippen LogP contribution in [0.5, 0.6) is 0 Å². The first-order valence-corrected chi connectivity index (χ1v) is 10.3. The van der Waals surface area contributed by atoms with Crippen LogP contribution in [0.3, 0.4) is 0 Å². The lowest BCUT2D eigenvalue weighted by atomic mass is 9.82. The van der Waals surface area contributed by atoms with Gasteiger partial charge >= 0.3 is 0 Å². The molecule has 1 saturated carbocycles. The minimum atomic E-state index is -0.786. The first-order chi connectivity index (χ1) is 13.1. The Bertz CT molecular complexity index is 679. The normalized spacial score (nSPS) is 28.6. The fraction of sp³-hybridized carbons (Fsp3) is 0.667. The number of halogens is 2. The number of nitrogens with one attached hydrogen (secondary N) is 1. The quantitative estimate of drug-likeness (QED) is 0.647. The molecule has 3 fully saturated rings. The Morgan fingerprint density at radius 3 is 2.48 bits per heavy atom. The van der Waals surface area contributed by atoms with E-state index in [2.05, 4.69) is 20.1 Å². The molecule has 3 unspecified atom stereocenters. The summed E-state index contributed by atoms with van der Waals surface area (Å²) >= 11 is 0. The molecular formula is C21H30F2N4. The Morgan fingerprint density at radius 1 is 1.07 bits per heavy atom. The summed E-state index contributed by atoms with van der Waals surface area (Å²) in [6, 6.07) is 4.18. The van der Waals surface area contributed by atoms with Crippen molar-refractivity contribution in [2.45, 2.75) is 32.1 Å². The minimum Gasteiger partial charge on any atom is -0.371 e. The maximum atomic E-state index is 13.5. The highest BCUT2D eigenvalue weighted by Crippen LogP contribution is 2.36. The topological polar surface area (TPSA) is 30.9 Å². The molecule has 1 aliphatic carbocycles. The molecule has 3 atom stereocenters. The van der Waals surface area contributed by atoms with Crippen molar-refractivity contribution in [1.29, 1.82) is 0 Å². The van der Waals surface area contributed by atoms with Crippen LogP contribution in [0.1, 0.15) is 32.1 Å². The van der Waals surface area contributed by atoms with Gasteiger partial charge in [0.05, 0.1) is 0 Å². The van der Waals surface area contributed by atoms with Crippen molar-refractivity contribution >= 4 is 11.6 Å². The molecule has 1 aromatic rings. The van der Waals surface area contributed by atoms with E-state index in [-0.39, 0.29) is 0 Å². The predicted molar refractivity (Wildman–Crippen MR) is 105 cm³/mol. The second-order valence-corrected chi connectivity index (χ2v) is 8.34. The van der Waals surface area contributed by atoms with Gasteiger partial charge in [0.1, 0.15) is 0 Å². The molecule has 4 nitrogen and oxygen atoms in total. The molecule has 0 amide bonds. The molecule has 3 aliphatic rings. The zero-order valence-electron chi connectivity index (χ0n) is 16.1. The van der Waals surface area contributed by atoms with Gasteiger partial charge in [-0.2, -0.15) is 0 Å². The van der Waals surface area contributed by atoms with Gasteiger partial charge in [0.25, 0.3) is 0 Å². The Kier molecular flexibility index (Phi) is 5.50. The lowest BCUT2D eigenvalue weighted by Crippen LogP contribution is -2.42. The highest BCUT2D eigenvalue weighted by molar-refractivity contribution is 5.80. The summed E-state index contributed by atoms with van der Waals surface area (Å²) in [6.07, 6.45) is 6.54. The van der Waals surface area contributed by atoms with Crippen LogP contribution in [0.4, 0.5) is 14.5 Å². The van der Waals surface area contributed by atoms with Gasteiger partial charge in [0, 0.05) is 51.5 Å². The van der Waals surface area contributed by atoms with E-state index in [1.807, 2.05) is 7.05 Å². The van der Waals surface area contributed by atoms with Gasteiger partial charge < -0.3 is 15.1 Å². The molecule has 6 heteroatoms. The second-order valence-electron chi connectivity index (χ2n) is 8.34. The maximum absolute atomic E-state index is 13.5. The highest BCUT2D eigenvalue weighted by atomic mass is 19.2. The van der Waals surface area contributed by atoms with Crippen LogP contribution in [-0.2, 0) is 0 Å². The van der Waals surface area contributed by atoms with E-state index in [1.165, 1.54) is 37.8 Å². The maximum Gasteiger partial charge on any atom is 0.193 e. The van der Waals surface area contributed by atoms with E-state index in [1.54, 1.807) is 6.07 Å².